The van der Waals surface area contributed by atoms with Gasteiger partial charge in [-0.15, -0.1) is 0 Å². The highest BCUT2D eigenvalue weighted by molar-refractivity contribution is 9.10. The molecule has 3 nitrogen and oxygen atoms in total. The first-order valence-corrected chi connectivity index (χ1v) is 6.08. The van der Waals surface area contributed by atoms with E-state index in [1.165, 1.54) is 0 Å². The molecule has 0 radical (unpaired) electrons. The minimum Gasteiger partial charge on any atom is -0.313 e. The quantitative estimate of drug-likeness (QED) is 0.840. The minimum absolute atomic E-state index is 0.0425. The first-order chi connectivity index (χ1) is 7.54. The Labute approximate surface area is 104 Å². The van der Waals surface area contributed by atoms with Crippen LogP contribution in [0.2, 0.25) is 0 Å². The number of likely N-dealkylation sites (N-methyl/N-ethyl adjacent to an activating group) is 1. The van der Waals surface area contributed by atoms with Gasteiger partial charge >= 0.3 is 0 Å². The smallest absolute Gasteiger partial charge is 0.253 e. The van der Waals surface area contributed by atoms with Crippen molar-refractivity contribution in [3.05, 3.63) is 44.8 Å². The zero-order valence-corrected chi connectivity index (χ0v) is 11.3. The second-order valence-corrected chi connectivity index (χ2v) is 4.72. The second-order valence-electron chi connectivity index (χ2n) is 3.80. The molecule has 16 heavy (non-hydrogen) atoms. The van der Waals surface area contributed by atoms with Crippen LogP contribution in [0.25, 0.3) is 0 Å². The third kappa shape index (κ3) is 3.61. The molecule has 1 heterocycles. The van der Waals surface area contributed by atoms with Crippen LogP contribution < -0.4 is 10.9 Å². The van der Waals surface area contributed by atoms with E-state index in [1.54, 1.807) is 10.8 Å². The van der Waals surface area contributed by atoms with Crippen LogP contribution in [0.5, 0.6) is 0 Å². The van der Waals surface area contributed by atoms with Gasteiger partial charge in [-0.25, -0.2) is 0 Å². The molecule has 0 aliphatic carbocycles. The van der Waals surface area contributed by atoms with Crippen LogP contribution >= 0.6 is 15.9 Å². The SMILES string of the molecule is C=C(CNCC)Cn1cc(Br)cc(C)c1=O. The van der Waals surface area contributed by atoms with Crippen LogP contribution in [-0.4, -0.2) is 17.7 Å². The van der Waals surface area contributed by atoms with Crippen molar-refractivity contribution in [2.75, 3.05) is 13.1 Å². The van der Waals surface area contributed by atoms with Crippen molar-refractivity contribution in [2.45, 2.75) is 20.4 Å². The molecule has 1 aromatic heterocycles. The summed E-state index contributed by atoms with van der Waals surface area (Å²) in [6.07, 6.45) is 1.80. The van der Waals surface area contributed by atoms with Crippen molar-refractivity contribution >= 4 is 15.9 Å². The van der Waals surface area contributed by atoms with Gasteiger partial charge < -0.3 is 9.88 Å². The van der Waals surface area contributed by atoms with Crippen LogP contribution in [0.3, 0.4) is 0 Å². The summed E-state index contributed by atoms with van der Waals surface area (Å²) >= 11 is 3.38. The van der Waals surface area contributed by atoms with E-state index >= 15 is 0 Å². The predicted octanol–water partition coefficient (Wildman–Crippen LogP) is 2.08. The Morgan fingerprint density at radius 3 is 2.94 bits per heavy atom. The van der Waals surface area contributed by atoms with Crippen molar-refractivity contribution in [3.8, 4) is 0 Å². The Balaban J connectivity index is 2.81. The lowest BCUT2D eigenvalue weighted by molar-refractivity contribution is 0.683. The number of aromatic nitrogens is 1. The summed E-state index contributed by atoms with van der Waals surface area (Å²) in [6, 6.07) is 1.83. The summed E-state index contributed by atoms with van der Waals surface area (Å²) in [7, 11) is 0. The lowest BCUT2D eigenvalue weighted by Crippen LogP contribution is -2.25. The number of rotatable bonds is 5. The largest absolute Gasteiger partial charge is 0.313 e. The van der Waals surface area contributed by atoms with Crippen LogP contribution in [0, 0.1) is 6.92 Å². The van der Waals surface area contributed by atoms with Gasteiger partial charge in [0.2, 0.25) is 0 Å². The van der Waals surface area contributed by atoms with Crippen LogP contribution in [0.4, 0.5) is 0 Å². The number of nitrogens with one attached hydrogen (secondary N) is 1. The van der Waals surface area contributed by atoms with Crippen molar-refractivity contribution in [1.29, 1.82) is 0 Å². The van der Waals surface area contributed by atoms with E-state index in [4.69, 9.17) is 0 Å². The fourth-order valence-electron chi connectivity index (χ4n) is 1.46. The van der Waals surface area contributed by atoms with Gasteiger partial charge in [0.25, 0.3) is 5.56 Å². The van der Waals surface area contributed by atoms with E-state index in [1.807, 2.05) is 19.9 Å². The van der Waals surface area contributed by atoms with E-state index in [9.17, 15) is 4.79 Å². The molecule has 0 fully saturated rings. The van der Waals surface area contributed by atoms with Gasteiger partial charge in [-0.2, -0.15) is 0 Å². The number of pyridine rings is 1. The molecule has 0 spiro atoms. The molecule has 1 rings (SSSR count). The van der Waals surface area contributed by atoms with Gasteiger partial charge in [0.15, 0.2) is 0 Å². The van der Waals surface area contributed by atoms with E-state index in [0.717, 1.165) is 28.7 Å². The Hall–Kier alpha value is -0.870. The summed E-state index contributed by atoms with van der Waals surface area (Å²) in [5.74, 6) is 0. The predicted molar refractivity (Wildman–Crippen MR) is 70.8 cm³/mol. The van der Waals surface area contributed by atoms with Gasteiger partial charge in [-0.1, -0.05) is 13.5 Å². The summed E-state index contributed by atoms with van der Waals surface area (Å²) in [5, 5.41) is 3.19. The number of aryl methyl sites for hydroxylation is 1. The highest BCUT2D eigenvalue weighted by atomic mass is 79.9. The van der Waals surface area contributed by atoms with Crippen molar-refractivity contribution in [3.63, 3.8) is 0 Å². The van der Waals surface area contributed by atoms with Gasteiger partial charge in [0.05, 0.1) is 0 Å². The molecule has 1 aromatic rings. The maximum absolute atomic E-state index is 11.8. The van der Waals surface area contributed by atoms with Gasteiger partial charge in [0, 0.05) is 29.3 Å². The minimum atomic E-state index is 0.0425. The lowest BCUT2D eigenvalue weighted by Gasteiger charge is -2.10. The first-order valence-electron chi connectivity index (χ1n) is 5.28. The molecule has 0 unspecified atom stereocenters. The van der Waals surface area contributed by atoms with Crippen LogP contribution in [0.15, 0.2) is 33.7 Å². The molecule has 4 heteroatoms. The molecule has 0 saturated carbocycles. The number of nitrogens with zero attached hydrogens (tertiary/aromatic N) is 1. The zero-order valence-electron chi connectivity index (χ0n) is 9.72. The van der Waals surface area contributed by atoms with Crippen molar-refractivity contribution < 1.29 is 0 Å². The molecule has 0 amide bonds. The van der Waals surface area contributed by atoms with Gasteiger partial charge in [-0.3, -0.25) is 4.79 Å². The molecule has 0 bridgehead atoms. The molecule has 0 aromatic carbocycles. The topological polar surface area (TPSA) is 34.0 Å². The summed E-state index contributed by atoms with van der Waals surface area (Å²) in [5.41, 5.74) is 1.79. The van der Waals surface area contributed by atoms with Crippen LogP contribution in [0.1, 0.15) is 12.5 Å². The molecular formula is C12H17BrN2O. The average Bonchev–Trinajstić information content (AvgIpc) is 2.22. The Morgan fingerprint density at radius 1 is 1.62 bits per heavy atom. The first kappa shape index (κ1) is 13.2. The van der Waals surface area contributed by atoms with E-state index in [-0.39, 0.29) is 5.56 Å². The monoisotopic (exact) mass is 284 g/mol. The van der Waals surface area contributed by atoms with Crippen molar-refractivity contribution in [1.82, 2.24) is 9.88 Å². The fourth-order valence-corrected chi connectivity index (χ4v) is 2.05. The number of hydrogen-bond acceptors (Lipinski definition) is 2. The van der Waals surface area contributed by atoms with Crippen molar-refractivity contribution in [2.24, 2.45) is 0 Å². The molecule has 0 saturated heterocycles. The molecule has 0 aliphatic rings. The Bertz CT molecular complexity index is 437. The molecule has 0 atom stereocenters. The Morgan fingerprint density at radius 2 is 2.31 bits per heavy atom. The second kappa shape index (κ2) is 6.01. The molecular weight excluding hydrogens is 268 g/mol. The van der Waals surface area contributed by atoms with Gasteiger partial charge in [0.1, 0.15) is 0 Å². The maximum Gasteiger partial charge on any atom is 0.253 e. The average molecular weight is 285 g/mol. The van der Waals surface area contributed by atoms with E-state index in [2.05, 4.69) is 27.8 Å². The summed E-state index contributed by atoms with van der Waals surface area (Å²) in [4.78, 5) is 11.8. The molecule has 1 N–H and O–H groups in total. The fraction of sp³-hybridized carbons (Fsp3) is 0.417. The summed E-state index contributed by atoms with van der Waals surface area (Å²) < 4.78 is 2.60. The van der Waals surface area contributed by atoms with E-state index < -0.39 is 0 Å². The number of hydrogen-bond donors (Lipinski definition) is 1. The normalized spacial score (nSPS) is 10.4. The number of halogens is 1. The third-order valence-electron chi connectivity index (χ3n) is 2.25. The maximum atomic E-state index is 11.8. The summed E-state index contributed by atoms with van der Waals surface area (Å²) in [6.45, 7) is 10.0. The third-order valence-corrected chi connectivity index (χ3v) is 2.68. The Kier molecular flexibility index (Phi) is 4.96. The van der Waals surface area contributed by atoms with E-state index in [0.29, 0.717) is 6.54 Å². The lowest BCUT2D eigenvalue weighted by atomic mass is 10.2. The highest BCUT2D eigenvalue weighted by Crippen LogP contribution is 2.08. The highest BCUT2D eigenvalue weighted by Gasteiger charge is 2.03. The van der Waals surface area contributed by atoms with Crippen LogP contribution in [-0.2, 0) is 6.54 Å². The van der Waals surface area contributed by atoms with Gasteiger partial charge in [-0.05, 0) is 41.0 Å². The zero-order chi connectivity index (χ0) is 12.1. The molecule has 88 valence electrons. The standard InChI is InChI=1S/C12H17BrN2O/c1-4-14-6-9(2)7-15-8-11(13)5-10(3)12(15)16/h5,8,14H,2,4,6-7H2,1,3H3. The molecule has 0 aliphatic heterocycles.